The van der Waals surface area contributed by atoms with Crippen LogP contribution in [0, 0.1) is 11.8 Å². The van der Waals surface area contributed by atoms with Gasteiger partial charge in [0, 0.05) is 13.7 Å². The first-order chi connectivity index (χ1) is 17.3. The van der Waals surface area contributed by atoms with Crippen molar-refractivity contribution in [3.05, 3.63) is 47.7 Å². The number of likely N-dealkylation sites (N-methyl/N-ethyl adjacent to an activating group) is 1. The summed E-state index contributed by atoms with van der Waals surface area (Å²) in [6, 6.07) is 8.49. The van der Waals surface area contributed by atoms with Crippen LogP contribution in [0.15, 0.2) is 47.3 Å². The van der Waals surface area contributed by atoms with Gasteiger partial charge in [-0.2, -0.15) is 0 Å². The first-order valence-corrected chi connectivity index (χ1v) is 11.9. The average molecular weight is 506 g/mol. The minimum absolute atomic E-state index is 0.0220. The number of amides is 1. The monoisotopic (exact) mass is 505 g/mol. The van der Waals surface area contributed by atoms with Crippen molar-refractivity contribution in [3.63, 3.8) is 0 Å². The van der Waals surface area contributed by atoms with Gasteiger partial charge in [-0.1, -0.05) is 35.5 Å². The molecule has 2 rings (SSSR count). The first kappa shape index (κ1) is 28.6. The second-order valence-corrected chi connectivity index (χ2v) is 8.31. The lowest BCUT2D eigenvalue weighted by Gasteiger charge is -2.31. The molecule has 1 fully saturated rings. The SMILES string of the molecule is CCOC(=O)C=C(ON=C(N)C(C1CCC(CO)C1)N(C)C(=O)OCc1ccccc1)C(=O)OCC. The number of nitrogens with two attached hydrogens (primary N) is 1. The number of hydrogen-bond acceptors (Lipinski definition) is 9. The predicted molar refractivity (Wildman–Crippen MR) is 130 cm³/mol. The third-order valence-electron chi connectivity index (χ3n) is 5.76. The van der Waals surface area contributed by atoms with Crippen LogP contribution in [0.4, 0.5) is 4.79 Å². The van der Waals surface area contributed by atoms with E-state index in [4.69, 9.17) is 24.8 Å². The molecule has 198 valence electrons. The topological polar surface area (TPSA) is 150 Å². The molecule has 0 bridgehead atoms. The molecule has 3 unspecified atom stereocenters. The van der Waals surface area contributed by atoms with Crippen LogP contribution in [0.1, 0.15) is 38.7 Å². The fourth-order valence-corrected chi connectivity index (χ4v) is 4.03. The van der Waals surface area contributed by atoms with Crippen molar-refractivity contribution < 1.29 is 38.5 Å². The van der Waals surface area contributed by atoms with Gasteiger partial charge in [-0.05, 0) is 50.5 Å². The molecule has 1 aromatic carbocycles. The molecule has 0 spiro atoms. The smallest absolute Gasteiger partial charge is 0.410 e. The molecule has 0 heterocycles. The Kier molecular flexibility index (Phi) is 11.7. The Morgan fingerprint density at radius 2 is 1.83 bits per heavy atom. The molecule has 1 saturated carbocycles. The van der Waals surface area contributed by atoms with Gasteiger partial charge in [0.1, 0.15) is 6.61 Å². The standard InChI is InChI=1S/C25H35N3O8/c1-4-33-21(30)14-20(24(31)34-5-2)36-27-23(26)22(19-12-11-18(13-19)15-29)28(3)25(32)35-16-17-9-7-6-8-10-17/h6-10,14,18-19,22,29H,4-5,11-13,15-16H2,1-3H3,(H2,26,27). The van der Waals surface area contributed by atoms with E-state index in [1.54, 1.807) is 13.8 Å². The van der Waals surface area contributed by atoms with E-state index >= 15 is 0 Å². The van der Waals surface area contributed by atoms with E-state index in [1.165, 1.54) is 11.9 Å². The van der Waals surface area contributed by atoms with Gasteiger partial charge in [0.2, 0.25) is 5.76 Å². The first-order valence-electron chi connectivity index (χ1n) is 11.9. The Morgan fingerprint density at radius 3 is 2.44 bits per heavy atom. The third-order valence-corrected chi connectivity index (χ3v) is 5.76. The van der Waals surface area contributed by atoms with Gasteiger partial charge in [-0.15, -0.1) is 0 Å². The van der Waals surface area contributed by atoms with Gasteiger partial charge in [-0.25, -0.2) is 14.4 Å². The summed E-state index contributed by atoms with van der Waals surface area (Å²) < 4.78 is 15.2. The zero-order valence-corrected chi connectivity index (χ0v) is 20.9. The summed E-state index contributed by atoms with van der Waals surface area (Å²) in [4.78, 5) is 43.5. The van der Waals surface area contributed by atoms with Gasteiger partial charge >= 0.3 is 18.0 Å². The largest absolute Gasteiger partial charge is 0.463 e. The van der Waals surface area contributed by atoms with Crippen molar-refractivity contribution in [1.82, 2.24) is 4.90 Å². The number of amidine groups is 1. The molecule has 0 aliphatic heterocycles. The van der Waals surface area contributed by atoms with E-state index < -0.39 is 29.8 Å². The molecular formula is C25H35N3O8. The third kappa shape index (κ3) is 8.56. The zero-order valence-electron chi connectivity index (χ0n) is 20.9. The minimum atomic E-state index is -0.921. The van der Waals surface area contributed by atoms with Crippen molar-refractivity contribution in [2.24, 2.45) is 22.7 Å². The molecule has 0 radical (unpaired) electrons. The predicted octanol–water partition coefficient (Wildman–Crippen LogP) is 2.33. The van der Waals surface area contributed by atoms with Crippen molar-refractivity contribution in [2.45, 2.75) is 45.8 Å². The molecular weight excluding hydrogens is 470 g/mol. The van der Waals surface area contributed by atoms with Gasteiger partial charge in [0.05, 0.1) is 25.3 Å². The lowest BCUT2D eigenvalue weighted by Crippen LogP contribution is -2.50. The van der Waals surface area contributed by atoms with E-state index in [0.717, 1.165) is 18.1 Å². The number of oxime groups is 1. The fraction of sp³-hybridized carbons (Fsp3) is 0.520. The van der Waals surface area contributed by atoms with Crippen LogP contribution < -0.4 is 5.73 Å². The van der Waals surface area contributed by atoms with E-state index in [2.05, 4.69) is 5.16 Å². The fourth-order valence-electron chi connectivity index (χ4n) is 4.03. The van der Waals surface area contributed by atoms with Crippen LogP contribution in [-0.2, 0) is 35.2 Å². The van der Waals surface area contributed by atoms with Crippen LogP contribution in [0.2, 0.25) is 0 Å². The van der Waals surface area contributed by atoms with Crippen LogP contribution in [-0.4, -0.2) is 66.8 Å². The number of aliphatic hydroxyl groups is 1. The summed E-state index contributed by atoms with van der Waals surface area (Å²) in [7, 11) is 1.54. The maximum absolute atomic E-state index is 12.9. The number of rotatable bonds is 12. The lowest BCUT2D eigenvalue weighted by molar-refractivity contribution is -0.144. The number of aliphatic hydroxyl groups excluding tert-OH is 1. The zero-order chi connectivity index (χ0) is 26.5. The van der Waals surface area contributed by atoms with Crippen LogP contribution in [0.3, 0.4) is 0 Å². The summed E-state index contributed by atoms with van der Waals surface area (Å²) in [5, 5.41) is 13.4. The lowest BCUT2D eigenvalue weighted by atomic mass is 9.95. The van der Waals surface area contributed by atoms with E-state index in [1.807, 2.05) is 30.3 Å². The maximum Gasteiger partial charge on any atom is 0.410 e. The number of esters is 2. The van der Waals surface area contributed by atoms with Gasteiger partial charge in [0.25, 0.3) is 0 Å². The molecule has 0 saturated heterocycles. The second kappa shape index (κ2) is 14.7. The minimum Gasteiger partial charge on any atom is -0.463 e. The Balaban J connectivity index is 2.23. The Hall–Kier alpha value is -3.60. The highest BCUT2D eigenvalue weighted by molar-refractivity contribution is 5.95. The molecule has 1 amide bonds. The van der Waals surface area contributed by atoms with Crippen molar-refractivity contribution in [2.75, 3.05) is 26.9 Å². The highest BCUT2D eigenvalue weighted by Gasteiger charge is 2.38. The van der Waals surface area contributed by atoms with Crippen LogP contribution >= 0.6 is 0 Å². The maximum atomic E-state index is 12.9. The molecule has 36 heavy (non-hydrogen) atoms. The number of hydrogen-bond donors (Lipinski definition) is 2. The number of carbonyl (C=O) groups excluding carboxylic acids is 3. The van der Waals surface area contributed by atoms with E-state index in [9.17, 15) is 19.5 Å². The molecule has 3 atom stereocenters. The van der Waals surface area contributed by atoms with Crippen LogP contribution in [0.5, 0.6) is 0 Å². The summed E-state index contributed by atoms with van der Waals surface area (Å²) in [5.41, 5.74) is 7.08. The normalized spacial score (nSPS) is 18.8. The number of carbonyl (C=O) groups is 3. The Labute approximate surface area is 210 Å². The summed E-state index contributed by atoms with van der Waals surface area (Å²) in [6.07, 6.45) is 2.25. The number of nitrogens with zero attached hydrogens (tertiary/aromatic N) is 2. The molecule has 1 aromatic rings. The van der Waals surface area contributed by atoms with Crippen molar-refractivity contribution in [3.8, 4) is 0 Å². The number of ether oxygens (including phenoxy) is 3. The summed E-state index contributed by atoms with van der Waals surface area (Å²) in [6.45, 7) is 3.46. The van der Waals surface area contributed by atoms with Crippen LogP contribution in [0.25, 0.3) is 0 Å². The number of benzene rings is 1. The van der Waals surface area contributed by atoms with E-state index in [0.29, 0.717) is 12.8 Å². The van der Waals surface area contributed by atoms with Crippen molar-refractivity contribution >= 4 is 23.9 Å². The summed E-state index contributed by atoms with van der Waals surface area (Å²) in [5.74, 6) is -2.41. The molecule has 0 aromatic heterocycles. The highest BCUT2D eigenvalue weighted by atomic mass is 16.7. The van der Waals surface area contributed by atoms with Gasteiger partial charge in [-0.3, -0.25) is 0 Å². The average Bonchev–Trinajstić information content (AvgIpc) is 3.34. The molecule has 3 N–H and O–H groups in total. The quantitative estimate of drug-likeness (QED) is 0.0830. The molecule has 11 nitrogen and oxygen atoms in total. The molecule has 1 aliphatic rings. The molecule has 1 aliphatic carbocycles. The highest BCUT2D eigenvalue weighted by Crippen LogP contribution is 2.35. The van der Waals surface area contributed by atoms with E-state index in [-0.39, 0.29) is 44.1 Å². The Morgan fingerprint density at radius 1 is 1.14 bits per heavy atom. The second-order valence-electron chi connectivity index (χ2n) is 8.31. The van der Waals surface area contributed by atoms with Gasteiger partial charge in [0.15, 0.2) is 5.84 Å². The Bertz CT molecular complexity index is 934. The van der Waals surface area contributed by atoms with Crippen molar-refractivity contribution in [1.29, 1.82) is 0 Å². The van der Waals surface area contributed by atoms with Gasteiger partial charge < -0.3 is 34.8 Å². The summed E-state index contributed by atoms with van der Waals surface area (Å²) >= 11 is 0. The molecule has 11 heteroatoms.